The number of hydrogen-bond acceptors (Lipinski definition) is 3. The molecule has 3 rings (SSSR count). The summed E-state index contributed by atoms with van der Waals surface area (Å²) in [5.74, 6) is 0.955. The highest BCUT2D eigenvalue weighted by Gasteiger charge is 2.16. The maximum Gasteiger partial charge on any atom is 0.412 e. The highest BCUT2D eigenvalue weighted by atomic mass is 16.6. The summed E-state index contributed by atoms with van der Waals surface area (Å²) in [6.45, 7) is 0.433. The van der Waals surface area contributed by atoms with Gasteiger partial charge in [0.15, 0.2) is 11.5 Å². The summed E-state index contributed by atoms with van der Waals surface area (Å²) in [5, 5.41) is 2.86. The third-order valence-corrected chi connectivity index (χ3v) is 4.13. The van der Waals surface area contributed by atoms with E-state index in [2.05, 4.69) is 29.6 Å². The molecule has 26 heavy (non-hydrogen) atoms. The van der Waals surface area contributed by atoms with Crippen LogP contribution in [0.3, 0.4) is 0 Å². The van der Waals surface area contributed by atoms with Crippen LogP contribution in [0, 0.1) is 0 Å². The van der Waals surface area contributed by atoms with Crippen molar-refractivity contribution in [1.82, 2.24) is 5.32 Å². The highest BCUT2D eigenvalue weighted by molar-refractivity contribution is 5.71. The maximum atomic E-state index is 12.3. The highest BCUT2D eigenvalue weighted by Crippen LogP contribution is 2.26. The van der Waals surface area contributed by atoms with Crippen molar-refractivity contribution in [2.24, 2.45) is 0 Å². The third-order valence-electron chi connectivity index (χ3n) is 4.13. The van der Waals surface area contributed by atoms with Crippen LogP contribution >= 0.6 is 0 Å². The Bertz CT molecular complexity index is 795. The molecule has 0 saturated carbocycles. The van der Waals surface area contributed by atoms with Crippen molar-refractivity contribution in [3.05, 3.63) is 96.1 Å². The Morgan fingerprint density at radius 2 is 1.31 bits per heavy atom. The minimum atomic E-state index is -0.508. The first-order valence-electron chi connectivity index (χ1n) is 8.46. The largest absolute Gasteiger partial charge is 0.493 e. The van der Waals surface area contributed by atoms with Crippen LogP contribution in [0.15, 0.2) is 84.9 Å². The molecule has 0 saturated heterocycles. The number of methoxy groups -OCH3 is 1. The zero-order valence-corrected chi connectivity index (χ0v) is 14.6. The van der Waals surface area contributed by atoms with Gasteiger partial charge in [0, 0.05) is 12.5 Å². The molecule has 0 radical (unpaired) electrons. The van der Waals surface area contributed by atoms with Crippen LogP contribution in [0.2, 0.25) is 0 Å². The average Bonchev–Trinajstić information content (AvgIpc) is 2.70. The van der Waals surface area contributed by atoms with Crippen molar-refractivity contribution in [1.29, 1.82) is 0 Å². The topological polar surface area (TPSA) is 47.6 Å². The van der Waals surface area contributed by atoms with Crippen molar-refractivity contribution >= 4 is 6.09 Å². The predicted octanol–water partition coefficient (Wildman–Crippen LogP) is 4.62. The fourth-order valence-electron chi connectivity index (χ4n) is 2.82. The Kier molecular flexibility index (Phi) is 5.88. The van der Waals surface area contributed by atoms with Gasteiger partial charge in [0.2, 0.25) is 0 Å². The van der Waals surface area contributed by atoms with E-state index in [9.17, 15) is 4.79 Å². The van der Waals surface area contributed by atoms with Gasteiger partial charge in [0.05, 0.1) is 7.11 Å². The summed E-state index contributed by atoms with van der Waals surface area (Å²) in [6, 6.07) is 27.3. The summed E-state index contributed by atoms with van der Waals surface area (Å²) in [6.07, 6.45) is -0.508. The fraction of sp³-hybridized carbons (Fsp3) is 0.136. The van der Waals surface area contributed by atoms with Crippen LogP contribution in [0.25, 0.3) is 0 Å². The number of rotatable bonds is 6. The van der Waals surface area contributed by atoms with Crippen molar-refractivity contribution in [3.63, 3.8) is 0 Å². The number of carbonyl (C=O) groups is 1. The van der Waals surface area contributed by atoms with Gasteiger partial charge >= 0.3 is 6.09 Å². The molecule has 0 aliphatic rings. The molecule has 132 valence electrons. The van der Waals surface area contributed by atoms with Crippen LogP contribution in [0.5, 0.6) is 11.5 Å². The Balaban J connectivity index is 1.71. The van der Waals surface area contributed by atoms with Gasteiger partial charge in [-0.3, -0.25) is 0 Å². The van der Waals surface area contributed by atoms with Crippen molar-refractivity contribution < 1.29 is 14.3 Å². The third kappa shape index (κ3) is 4.42. The minimum Gasteiger partial charge on any atom is -0.493 e. The molecular weight excluding hydrogens is 326 g/mol. The molecule has 0 spiro atoms. The lowest BCUT2D eigenvalue weighted by molar-refractivity contribution is 0.198. The number of hydrogen-bond donors (Lipinski definition) is 1. The Morgan fingerprint density at radius 1 is 0.808 bits per heavy atom. The van der Waals surface area contributed by atoms with Crippen LogP contribution in [-0.4, -0.2) is 19.7 Å². The first-order valence-corrected chi connectivity index (χ1v) is 8.46. The molecule has 0 aliphatic carbocycles. The summed E-state index contributed by atoms with van der Waals surface area (Å²) in [5.41, 5.74) is 2.27. The smallest absolute Gasteiger partial charge is 0.412 e. The Hall–Kier alpha value is -3.27. The van der Waals surface area contributed by atoms with E-state index in [0.29, 0.717) is 18.0 Å². The molecule has 0 atom stereocenters. The summed E-state index contributed by atoms with van der Waals surface area (Å²) in [4.78, 5) is 12.3. The van der Waals surface area contributed by atoms with Gasteiger partial charge < -0.3 is 14.8 Å². The standard InChI is InChI=1S/C22H21NO3/c1-25-20-14-8-9-15-21(20)26-22(24)23-16-19(17-10-4-2-5-11-17)18-12-6-3-7-13-18/h2-15,19H,16H2,1H3,(H,23,24). The zero-order chi connectivity index (χ0) is 18.2. The van der Waals surface area contributed by atoms with Gasteiger partial charge in [-0.05, 0) is 23.3 Å². The van der Waals surface area contributed by atoms with Crippen LogP contribution in [0.1, 0.15) is 17.0 Å². The van der Waals surface area contributed by atoms with E-state index in [1.807, 2.05) is 42.5 Å². The molecule has 0 aromatic heterocycles. The van der Waals surface area contributed by atoms with E-state index in [0.717, 1.165) is 11.1 Å². The van der Waals surface area contributed by atoms with Crippen LogP contribution < -0.4 is 14.8 Å². The molecule has 0 aliphatic heterocycles. The maximum absolute atomic E-state index is 12.3. The average molecular weight is 347 g/mol. The van der Waals surface area contributed by atoms with E-state index >= 15 is 0 Å². The number of carbonyl (C=O) groups excluding carboxylic acids is 1. The SMILES string of the molecule is COc1ccccc1OC(=O)NCC(c1ccccc1)c1ccccc1. The van der Waals surface area contributed by atoms with Gasteiger partial charge in [0.1, 0.15) is 0 Å². The second-order valence-electron chi connectivity index (χ2n) is 5.80. The van der Waals surface area contributed by atoms with Gasteiger partial charge in [-0.15, -0.1) is 0 Å². The Morgan fingerprint density at radius 3 is 1.85 bits per heavy atom. The first kappa shape index (κ1) is 17.5. The quantitative estimate of drug-likeness (QED) is 0.708. The lowest BCUT2D eigenvalue weighted by atomic mass is 9.91. The predicted molar refractivity (Wildman–Crippen MR) is 102 cm³/mol. The molecule has 0 heterocycles. The van der Waals surface area contributed by atoms with Gasteiger partial charge in [0.25, 0.3) is 0 Å². The molecule has 3 aromatic rings. The molecule has 0 fully saturated rings. The number of para-hydroxylation sites is 2. The van der Waals surface area contributed by atoms with E-state index in [1.54, 1.807) is 25.3 Å². The molecule has 1 N–H and O–H groups in total. The van der Waals surface area contributed by atoms with Gasteiger partial charge in [-0.2, -0.15) is 0 Å². The molecule has 0 unspecified atom stereocenters. The molecule has 3 aromatic carbocycles. The van der Waals surface area contributed by atoms with E-state index in [-0.39, 0.29) is 5.92 Å². The fourth-order valence-corrected chi connectivity index (χ4v) is 2.82. The molecule has 1 amide bonds. The van der Waals surface area contributed by atoms with Crippen molar-refractivity contribution in [2.45, 2.75) is 5.92 Å². The van der Waals surface area contributed by atoms with E-state index in [4.69, 9.17) is 9.47 Å². The number of ether oxygens (including phenoxy) is 2. The second-order valence-corrected chi connectivity index (χ2v) is 5.80. The van der Waals surface area contributed by atoms with Gasteiger partial charge in [-0.1, -0.05) is 72.8 Å². The first-order chi connectivity index (χ1) is 12.8. The van der Waals surface area contributed by atoms with E-state index < -0.39 is 6.09 Å². The zero-order valence-electron chi connectivity index (χ0n) is 14.6. The monoisotopic (exact) mass is 347 g/mol. The lowest BCUT2D eigenvalue weighted by Crippen LogP contribution is -2.31. The number of nitrogens with one attached hydrogen (secondary N) is 1. The number of benzene rings is 3. The second kappa shape index (κ2) is 8.72. The normalized spacial score (nSPS) is 10.4. The summed E-state index contributed by atoms with van der Waals surface area (Å²) >= 11 is 0. The number of amides is 1. The summed E-state index contributed by atoms with van der Waals surface area (Å²) in [7, 11) is 1.54. The molecule has 4 heteroatoms. The van der Waals surface area contributed by atoms with Gasteiger partial charge in [-0.25, -0.2) is 4.79 Å². The molecule has 4 nitrogen and oxygen atoms in total. The molecular formula is C22H21NO3. The molecule has 0 bridgehead atoms. The Labute approximate surface area is 153 Å². The van der Waals surface area contributed by atoms with E-state index in [1.165, 1.54) is 0 Å². The van der Waals surface area contributed by atoms with Crippen LogP contribution in [0.4, 0.5) is 4.79 Å². The van der Waals surface area contributed by atoms with Crippen molar-refractivity contribution in [2.75, 3.05) is 13.7 Å². The minimum absolute atomic E-state index is 0.0441. The van der Waals surface area contributed by atoms with Crippen molar-refractivity contribution in [3.8, 4) is 11.5 Å². The van der Waals surface area contributed by atoms with Crippen LogP contribution in [-0.2, 0) is 0 Å². The summed E-state index contributed by atoms with van der Waals surface area (Å²) < 4.78 is 10.6. The lowest BCUT2D eigenvalue weighted by Gasteiger charge is -2.19.